The molecule has 2 unspecified atom stereocenters. The van der Waals surface area contributed by atoms with Crippen molar-refractivity contribution in [2.45, 2.75) is 63.8 Å². The SMILES string of the molecule is C#CCN(C)C(=O)CN1CCN(C(=O)C(C)(C)NC(=O)COCc2ccc(Cc3cc([C@@H]4OCC(O)[C@H](O)C4O)ccc3C)cc2)CC1. The number of carbonyl (C=O) groups is 3. The lowest BCUT2D eigenvalue weighted by Gasteiger charge is -2.38. The summed E-state index contributed by atoms with van der Waals surface area (Å²) in [6.07, 6.45) is 1.58. The smallest absolute Gasteiger partial charge is 0.247 e. The Bertz CT molecular complexity index is 1470. The van der Waals surface area contributed by atoms with Gasteiger partial charge in [0.1, 0.15) is 36.6 Å². The highest BCUT2D eigenvalue weighted by molar-refractivity contribution is 5.91. The number of piperazine rings is 1. The predicted octanol–water partition coefficient (Wildman–Crippen LogP) is 0.387. The Morgan fingerprint density at radius 2 is 1.71 bits per heavy atom. The maximum absolute atomic E-state index is 13.2. The van der Waals surface area contributed by atoms with Crippen molar-refractivity contribution in [2.75, 3.05) is 59.5 Å². The number of benzene rings is 2. The number of carbonyl (C=O) groups excluding carboxylic acids is 3. The van der Waals surface area contributed by atoms with Crippen LogP contribution in [0.15, 0.2) is 42.5 Å². The monoisotopic (exact) mass is 664 g/mol. The van der Waals surface area contributed by atoms with Crippen LogP contribution < -0.4 is 5.32 Å². The zero-order valence-corrected chi connectivity index (χ0v) is 28.2. The van der Waals surface area contributed by atoms with Gasteiger partial charge in [0, 0.05) is 33.2 Å². The molecule has 260 valence electrons. The average Bonchev–Trinajstić information content (AvgIpc) is 3.05. The molecule has 0 aromatic heterocycles. The minimum absolute atomic E-state index is 0.0522. The van der Waals surface area contributed by atoms with Crippen molar-refractivity contribution >= 4 is 17.7 Å². The first kappa shape index (κ1) is 37.0. The van der Waals surface area contributed by atoms with Gasteiger partial charge in [0.05, 0.1) is 26.3 Å². The van der Waals surface area contributed by atoms with Crippen LogP contribution in [0, 0.1) is 19.3 Å². The van der Waals surface area contributed by atoms with E-state index in [1.165, 1.54) is 4.90 Å². The molecule has 12 heteroatoms. The summed E-state index contributed by atoms with van der Waals surface area (Å²) in [4.78, 5) is 43.4. The minimum Gasteiger partial charge on any atom is -0.388 e. The number of aliphatic hydroxyl groups excluding tert-OH is 3. The highest BCUT2D eigenvalue weighted by Gasteiger charge is 2.38. The van der Waals surface area contributed by atoms with Crippen molar-refractivity contribution < 1.29 is 39.2 Å². The molecule has 2 saturated heterocycles. The summed E-state index contributed by atoms with van der Waals surface area (Å²) in [5.41, 5.74) is 3.68. The number of rotatable bonds is 12. The van der Waals surface area contributed by atoms with Crippen molar-refractivity contribution in [3.63, 3.8) is 0 Å². The van der Waals surface area contributed by atoms with Gasteiger partial charge in [-0.25, -0.2) is 0 Å². The number of nitrogens with one attached hydrogen (secondary N) is 1. The van der Waals surface area contributed by atoms with Crippen molar-refractivity contribution in [3.8, 4) is 12.3 Å². The van der Waals surface area contributed by atoms with Crippen molar-refractivity contribution in [1.29, 1.82) is 0 Å². The third-order valence-corrected chi connectivity index (χ3v) is 8.88. The second-order valence-electron chi connectivity index (χ2n) is 13.2. The van der Waals surface area contributed by atoms with Crippen LogP contribution in [0.3, 0.4) is 0 Å². The van der Waals surface area contributed by atoms with Gasteiger partial charge in [-0.2, -0.15) is 0 Å². The molecule has 4 rings (SSSR count). The summed E-state index contributed by atoms with van der Waals surface area (Å²) in [6.45, 7) is 7.83. The fourth-order valence-corrected chi connectivity index (χ4v) is 5.87. The third kappa shape index (κ3) is 9.63. The van der Waals surface area contributed by atoms with E-state index in [0.29, 0.717) is 32.6 Å². The molecule has 12 nitrogen and oxygen atoms in total. The lowest BCUT2D eigenvalue weighted by Crippen LogP contribution is -2.60. The summed E-state index contributed by atoms with van der Waals surface area (Å²) in [6, 6.07) is 13.6. The lowest BCUT2D eigenvalue weighted by atomic mass is 9.91. The summed E-state index contributed by atoms with van der Waals surface area (Å²) < 4.78 is 11.3. The zero-order chi connectivity index (χ0) is 35.0. The Labute approximate surface area is 282 Å². The summed E-state index contributed by atoms with van der Waals surface area (Å²) in [5, 5.41) is 33.1. The molecule has 2 fully saturated rings. The van der Waals surface area contributed by atoms with E-state index < -0.39 is 35.9 Å². The fraction of sp³-hybridized carbons (Fsp3) is 0.528. The van der Waals surface area contributed by atoms with Crippen LogP contribution in [0.4, 0.5) is 0 Å². The molecule has 0 aliphatic carbocycles. The molecule has 0 spiro atoms. The Morgan fingerprint density at radius 3 is 2.38 bits per heavy atom. The molecule has 2 aliphatic heterocycles. The van der Waals surface area contributed by atoms with E-state index in [4.69, 9.17) is 15.9 Å². The molecule has 4 atom stereocenters. The van der Waals surface area contributed by atoms with Gasteiger partial charge in [0.25, 0.3) is 0 Å². The number of aryl methyl sites for hydroxylation is 1. The first-order valence-corrected chi connectivity index (χ1v) is 16.2. The number of hydrogen-bond acceptors (Lipinski definition) is 9. The van der Waals surface area contributed by atoms with Crippen LogP contribution in [0.2, 0.25) is 0 Å². The second-order valence-corrected chi connectivity index (χ2v) is 13.2. The van der Waals surface area contributed by atoms with E-state index in [0.717, 1.165) is 27.8 Å². The zero-order valence-electron chi connectivity index (χ0n) is 28.2. The van der Waals surface area contributed by atoms with Crippen LogP contribution in [0.25, 0.3) is 0 Å². The van der Waals surface area contributed by atoms with E-state index in [1.54, 1.807) is 25.8 Å². The molecule has 2 aromatic carbocycles. The van der Waals surface area contributed by atoms with Gasteiger partial charge < -0.3 is 39.9 Å². The van der Waals surface area contributed by atoms with E-state index in [2.05, 4.69) is 11.2 Å². The summed E-state index contributed by atoms with van der Waals surface area (Å²) >= 11 is 0. The molecule has 48 heavy (non-hydrogen) atoms. The maximum Gasteiger partial charge on any atom is 0.247 e. The molecule has 3 amide bonds. The molecular weight excluding hydrogens is 616 g/mol. The number of likely N-dealkylation sites (N-methyl/N-ethyl adjacent to an activating group) is 1. The Hall–Kier alpha value is -3.83. The van der Waals surface area contributed by atoms with Crippen LogP contribution in [0.1, 0.15) is 47.8 Å². The first-order valence-electron chi connectivity index (χ1n) is 16.2. The van der Waals surface area contributed by atoms with Crippen molar-refractivity contribution in [1.82, 2.24) is 20.0 Å². The van der Waals surface area contributed by atoms with Crippen molar-refractivity contribution in [3.05, 3.63) is 70.3 Å². The number of amides is 3. The van der Waals surface area contributed by atoms with Crippen LogP contribution in [0.5, 0.6) is 0 Å². The van der Waals surface area contributed by atoms with Gasteiger partial charge in [-0.1, -0.05) is 48.4 Å². The molecular formula is C36H48N4O8. The van der Waals surface area contributed by atoms with E-state index in [-0.39, 0.29) is 44.7 Å². The molecule has 0 saturated carbocycles. The Morgan fingerprint density at radius 1 is 1.04 bits per heavy atom. The fourth-order valence-electron chi connectivity index (χ4n) is 5.87. The summed E-state index contributed by atoms with van der Waals surface area (Å²) in [7, 11) is 1.67. The van der Waals surface area contributed by atoms with Crippen LogP contribution >= 0.6 is 0 Å². The number of ether oxygens (including phenoxy) is 2. The van der Waals surface area contributed by atoms with Gasteiger partial charge in [-0.15, -0.1) is 6.42 Å². The Kier molecular flexibility index (Phi) is 12.7. The average molecular weight is 665 g/mol. The second kappa shape index (κ2) is 16.5. The molecule has 0 bridgehead atoms. The van der Waals surface area contributed by atoms with Gasteiger partial charge >= 0.3 is 0 Å². The molecule has 4 N–H and O–H groups in total. The highest BCUT2D eigenvalue weighted by Crippen LogP contribution is 2.31. The van der Waals surface area contributed by atoms with Crippen molar-refractivity contribution in [2.24, 2.45) is 0 Å². The molecule has 2 heterocycles. The largest absolute Gasteiger partial charge is 0.388 e. The van der Waals surface area contributed by atoms with Gasteiger partial charge in [0.15, 0.2) is 0 Å². The predicted molar refractivity (Wildman–Crippen MR) is 179 cm³/mol. The minimum atomic E-state index is -1.27. The number of terminal acetylenes is 1. The van der Waals surface area contributed by atoms with Gasteiger partial charge in [0.2, 0.25) is 17.7 Å². The highest BCUT2D eigenvalue weighted by atomic mass is 16.5. The summed E-state index contributed by atoms with van der Waals surface area (Å²) in [5.74, 6) is 1.81. The number of aliphatic hydroxyl groups is 3. The van der Waals surface area contributed by atoms with Gasteiger partial charge in [-0.3, -0.25) is 19.3 Å². The topological polar surface area (TPSA) is 152 Å². The molecule has 2 aromatic rings. The Balaban J connectivity index is 1.21. The molecule has 0 radical (unpaired) electrons. The first-order chi connectivity index (χ1) is 22.8. The number of nitrogens with zero attached hydrogens (tertiary/aromatic N) is 3. The lowest BCUT2D eigenvalue weighted by molar-refractivity contribution is -0.189. The van der Waals surface area contributed by atoms with Crippen LogP contribution in [-0.2, 0) is 36.9 Å². The van der Waals surface area contributed by atoms with Crippen LogP contribution in [-0.4, -0.2) is 131 Å². The van der Waals surface area contributed by atoms with E-state index >= 15 is 0 Å². The molecule has 2 aliphatic rings. The van der Waals surface area contributed by atoms with E-state index in [9.17, 15) is 29.7 Å². The number of hydrogen-bond donors (Lipinski definition) is 4. The van der Waals surface area contributed by atoms with E-state index in [1.807, 2.05) is 54.3 Å². The standard InChI is InChI=1S/C36H48N4O8/c1-6-13-38(5)31(43)20-39-14-16-40(17-15-39)35(46)36(3,4)37-30(42)23-47-21-26-10-8-25(9-11-26)18-28-19-27(12-7-24(28)2)34-33(45)32(44)29(41)22-48-34/h1,7-12,19,29,32-34,41,44-45H,13-18,20-23H2,2-5H3,(H,37,42)/t29?,32-,33?,34-/m0/s1. The maximum atomic E-state index is 13.2. The third-order valence-electron chi connectivity index (χ3n) is 8.88. The quantitative estimate of drug-likeness (QED) is 0.236. The van der Waals surface area contributed by atoms with Gasteiger partial charge in [-0.05, 0) is 55.0 Å². The normalized spacial score (nSPS) is 21.8.